The fraction of sp³-hybridized carbons (Fsp3) is 0.208. The molecule has 0 fully saturated rings. The highest BCUT2D eigenvalue weighted by Gasteiger charge is 2.14. The Labute approximate surface area is 185 Å². The second kappa shape index (κ2) is 9.57. The molecule has 6 nitrogen and oxygen atoms in total. The van der Waals surface area contributed by atoms with E-state index in [0.717, 1.165) is 38.5 Å². The molecule has 0 saturated carbocycles. The van der Waals surface area contributed by atoms with Crippen molar-refractivity contribution in [3.8, 4) is 16.2 Å². The maximum absolute atomic E-state index is 12.3. The first-order valence-corrected chi connectivity index (χ1v) is 11.0. The summed E-state index contributed by atoms with van der Waals surface area (Å²) in [6.45, 7) is 1.13. The predicted octanol–water partition coefficient (Wildman–Crippen LogP) is 4.25. The van der Waals surface area contributed by atoms with Crippen LogP contribution in [-0.2, 0) is 11.2 Å². The van der Waals surface area contributed by atoms with E-state index in [9.17, 15) is 9.90 Å². The number of nitrogens with zero attached hydrogens (tertiary/aromatic N) is 3. The fourth-order valence-electron chi connectivity index (χ4n) is 3.36. The smallest absolute Gasteiger partial charge is 0.221 e. The lowest BCUT2D eigenvalue weighted by molar-refractivity contribution is -0.120. The number of hydrogen-bond acceptors (Lipinski definition) is 6. The van der Waals surface area contributed by atoms with E-state index in [1.165, 1.54) is 0 Å². The molecule has 0 spiro atoms. The lowest BCUT2D eigenvalue weighted by Gasteiger charge is -2.18. The van der Waals surface area contributed by atoms with Gasteiger partial charge in [-0.25, -0.2) is 9.97 Å². The number of aromatic hydroxyl groups is 1. The van der Waals surface area contributed by atoms with Gasteiger partial charge in [0.05, 0.1) is 5.39 Å². The zero-order valence-corrected chi connectivity index (χ0v) is 18.1. The van der Waals surface area contributed by atoms with Gasteiger partial charge in [-0.1, -0.05) is 42.5 Å². The number of amides is 1. The number of anilines is 1. The monoisotopic (exact) mass is 432 g/mol. The Morgan fingerprint density at radius 3 is 2.65 bits per heavy atom. The van der Waals surface area contributed by atoms with Gasteiger partial charge in [0.1, 0.15) is 22.7 Å². The summed E-state index contributed by atoms with van der Waals surface area (Å²) in [6.07, 6.45) is 2.69. The summed E-state index contributed by atoms with van der Waals surface area (Å²) in [5.74, 6) is 1.09. The minimum absolute atomic E-state index is 0.00576. The molecule has 1 amide bonds. The molecule has 158 valence electrons. The third-order valence-electron chi connectivity index (χ3n) is 5.07. The van der Waals surface area contributed by atoms with Crippen molar-refractivity contribution in [3.63, 3.8) is 0 Å². The molecule has 2 N–H and O–H groups in total. The Balaban J connectivity index is 1.34. The third kappa shape index (κ3) is 5.19. The standard InChI is InChI=1S/C24H24N4O2S/c1-28(14-12-22(30)25-13-11-17-7-9-19(29)10-8-17)23-20-15-21(18-5-3-2-4-6-18)31-24(20)27-16-26-23/h2-10,15-16,29H,11-14H2,1H3,(H,25,30). The number of rotatable bonds is 8. The first kappa shape index (κ1) is 20.8. The summed E-state index contributed by atoms with van der Waals surface area (Å²) in [5, 5.41) is 13.3. The molecule has 4 aromatic rings. The number of benzene rings is 2. The van der Waals surface area contributed by atoms with Crippen LogP contribution in [0.1, 0.15) is 12.0 Å². The van der Waals surface area contributed by atoms with Gasteiger partial charge in [-0.3, -0.25) is 4.79 Å². The zero-order valence-electron chi connectivity index (χ0n) is 17.3. The number of carbonyl (C=O) groups excluding carboxylic acids is 1. The van der Waals surface area contributed by atoms with Gasteiger partial charge in [0.25, 0.3) is 0 Å². The van der Waals surface area contributed by atoms with E-state index in [-0.39, 0.29) is 11.7 Å². The predicted molar refractivity (Wildman–Crippen MR) is 126 cm³/mol. The first-order chi connectivity index (χ1) is 15.1. The summed E-state index contributed by atoms with van der Waals surface area (Å²) < 4.78 is 0. The molecule has 0 bridgehead atoms. The molecule has 7 heteroatoms. The van der Waals surface area contributed by atoms with Crippen LogP contribution < -0.4 is 10.2 Å². The van der Waals surface area contributed by atoms with E-state index >= 15 is 0 Å². The van der Waals surface area contributed by atoms with Gasteiger partial charge in [-0.15, -0.1) is 11.3 Å². The van der Waals surface area contributed by atoms with Gasteiger partial charge in [0, 0.05) is 31.4 Å². The molecule has 0 unspecified atom stereocenters. The molecule has 4 rings (SSSR count). The molecular weight excluding hydrogens is 408 g/mol. The normalized spacial score (nSPS) is 10.9. The number of nitrogens with one attached hydrogen (secondary N) is 1. The molecule has 0 aliphatic heterocycles. The number of carbonyl (C=O) groups is 1. The fourth-order valence-corrected chi connectivity index (χ4v) is 4.36. The molecule has 0 atom stereocenters. The largest absolute Gasteiger partial charge is 0.508 e. The van der Waals surface area contributed by atoms with Crippen molar-refractivity contribution in [1.29, 1.82) is 0 Å². The molecule has 31 heavy (non-hydrogen) atoms. The van der Waals surface area contributed by atoms with E-state index in [2.05, 4.69) is 33.5 Å². The molecule has 0 aliphatic carbocycles. The molecule has 2 heterocycles. The lowest BCUT2D eigenvalue weighted by atomic mass is 10.1. The Morgan fingerprint density at radius 1 is 1.10 bits per heavy atom. The summed E-state index contributed by atoms with van der Waals surface area (Å²) in [7, 11) is 1.95. The van der Waals surface area contributed by atoms with Crippen LogP contribution in [0.2, 0.25) is 0 Å². The van der Waals surface area contributed by atoms with Crippen molar-refractivity contribution in [2.24, 2.45) is 0 Å². The van der Waals surface area contributed by atoms with Gasteiger partial charge in [0.2, 0.25) is 5.91 Å². The van der Waals surface area contributed by atoms with Crippen LogP contribution in [0.3, 0.4) is 0 Å². The molecule has 2 aromatic carbocycles. The second-order valence-electron chi connectivity index (χ2n) is 7.33. The zero-order chi connectivity index (χ0) is 21.6. The Morgan fingerprint density at radius 2 is 1.87 bits per heavy atom. The van der Waals surface area contributed by atoms with Crippen molar-refractivity contribution >= 4 is 33.3 Å². The number of thiophene rings is 1. The van der Waals surface area contributed by atoms with Crippen LogP contribution in [0.15, 0.2) is 67.0 Å². The highest BCUT2D eigenvalue weighted by Crippen LogP contribution is 2.35. The summed E-state index contributed by atoms with van der Waals surface area (Å²) in [6, 6.07) is 19.4. The summed E-state index contributed by atoms with van der Waals surface area (Å²) >= 11 is 1.64. The van der Waals surface area contributed by atoms with Crippen LogP contribution in [0.4, 0.5) is 5.82 Å². The van der Waals surface area contributed by atoms with Crippen LogP contribution in [0.5, 0.6) is 5.75 Å². The summed E-state index contributed by atoms with van der Waals surface area (Å²) in [5.41, 5.74) is 2.23. The van der Waals surface area contributed by atoms with E-state index in [0.29, 0.717) is 19.5 Å². The number of phenolic OH excluding ortho intramolecular Hbond substituents is 1. The second-order valence-corrected chi connectivity index (χ2v) is 8.36. The van der Waals surface area contributed by atoms with Crippen LogP contribution in [0, 0.1) is 0 Å². The molecule has 0 radical (unpaired) electrons. The maximum Gasteiger partial charge on any atom is 0.221 e. The van der Waals surface area contributed by atoms with Crippen molar-refractivity contribution in [1.82, 2.24) is 15.3 Å². The van der Waals surface area contributed by atoms with Crippen LogP contribution in [-0.4, -0.2) is 41.1 Å². The van der Waals surface area contributed by atoms with E-state index in [1.807, 2.05) is 42.3 Å². The van der Waals surface area contributed by atoms with Crippen molar-refractivity contribution < 1.29 is 9.90 Å². The number of aromatic nitrogens is 2. The average Bonchev–Trinajstić information content (AvgIpc) is 3.24. The highest BCUT2D eigenvalue weighted by atomic mass is 32.1. The number of phenols is 1. The lowest BCUT2D eigenvalue weighted by Crippen LogP contribution is -2.30. The van der Waals surface area contributed by atoms with Crippen LogP contribution >= 0.6 is 11.3 Å². The maximum atomic E-state index is 12.3. The molecule has 0 aliphatic rings. The van der Waals surface area contributed by atoms with Crippen molar-refractivity contribution in [2.75, 3.05) is 25.0 Å². The van der Waals surface area contributed by atoms with Crippen molar-refractivity contribution in [3.05, 3.63) is 72.6 Å². The average molecular weight is 433 g/mol. The minimum atomic E-state index is 0.00576. The number of hydrogen-bond donors (Lipinski definition) is 2. The third-order valence-corrected chi connectivity index (χ3v) is 6.17. The Hall–Kier alpha value is -3.45. The van der Waals surface area contributed by atoms with E-state index < -0.39 is 0 Å². The Bertz CT molecular complexity index is 1160. The van der Waals surface area contributed by atoms with E-state index in [4.69, 9.17) is 0 Å². The highest BCUT2D eigenvalue weighted by molar-refractivity contribution is 7.21. The molecular formula is C24H24N4O2S. The van der Waals surface area contributed by atoms with Crippen molar-refractivity contribution in [2.45, 2.75) is 12.8 Å². The van der Waals surface area contributed by atoms with Gasteiger partial charge >= 0.3 is 0 Å². The van der Waals surface area contributed by atoms with Gasteiger partial charge in [-0.05, 0) is 35.7 Å². The SMILES string of the molecule is CN(CCC(=O)NCCc1ccc(O)cc1)c1ncnc2sc(-c3ccccc3)cc12. The summed E-state index contributed by atoms with van der Waals surface area (Å²) in [4.78, 5) is 25.3. The molecule has 2 aromatic heterocycles. The number of fused-ring (bicyclic) bond motifs is 1. The quantitative estimate of drug-likeness (QED) is 0.435. The van der Waals surface area contributed by atoms with E-state index in [1.54, 1.807) is 29.8 Å². The molecule has 0 saturated heterocycles. The first-order valence-electron chi connectivity index (χ1n) is 10.2. The Kier molecular flexibility index (Phi) is 6.43. The van der Waals surface area contributed by atoms with Gasteiger partial charge < -0.3 is 15.3 Å². The van der Waals surface area contributed by atoms with Gasteiger partial charge in [-0.2, -0.15) is 0 Å². The van der Waals surface area contributed by atoms with Gasteiger partial charge in [0.15, 0.2) is 0 Å². The minimum Gasteiger partial charge on any atom is -0.508 e. The van der Waals surface area contributed by atoms with Crippen LogP contribution in [0.25, 0.3) is 20.7 Å². The topological polar surface area (TPSA) is 78.4 Å².